The van der Waals surface area contributed by atoms with Gasteiger partial charge in [-0.25, -0.2) is 4.79 Å². The fourth-order valence-corrected chi connectivity index (χ4v) is 2.61. The normalized spacial score (nSPS) is 10.8. The maximum Gasteiger partial charge on any atom is 0.339 e. The molecule has 1 heterocycles. The highest BCUT2D eigenvalue weighted by Crippen LogP contribution is 2.24. The lowest BCUT2D eigenvalue weighted by molar-refractivity contribution is -0.121. The third-order valence-electron chi connectivity index (χ3n) is 4.02. The van der Waals surface area contributed by atoms with Crippen LogP contribution >= 0.6 is 0 Å². The minimum Gasteiger partial charge on any atom is -0.497 e. The minimum atomic E-state index is -0.392. The van der Waals surface area contributed by atoms with E-state index in [1.807, 2.05) is 26.1 Å². The van der Waals surface area contributed by atoms with Gasteiger partial charge in [0.25, 0.3) is 0 Å². The van der Waals surface area contributed by atoms with Crippen molar-refractivity contribution in [2.45, 2.75) is 26.2 Å². The Morgan fingerprint density at radius 1 is 1.29 bits per heavy atom. The molecule has 6 heteroatoms. The van der Waals surface area contributed by atoms with Gasteiger partial charge in [0.15, 0.2) is 0 Å². The summed E-state index contributed by atoms with van der Waals surface area (Å²) in [6.07, 6.45) is 1.52. The second kappa shape index (κ2) is 8.49. The number of methoxy groups -OCH3 is 1. The summed E-state index contributed by atoms with van der Waals surface area (Å²) in [4.78, 5) is 24.1. The standard InChI is InChI=1S/C18H24N2O4/c1-12-14-6-5-13(23-3)11-16(14)24-18(22)15(12)7-8-17(21)20-10-4-9-19-2/h5-6,11,19H,4,7-10H2,1-3H3,(H,20,21). The van der Waals surface area contributed by atoms with Crippen LogP contribution in [0.3, 0.4) is 0 Å². The van der Waals surface area contributed by atoms with Gasteiger partial charge in [0.05, 0.1) is 7.11 Å². The smallest absolute Gasteiger partial charge is 0.339 e. The molecule has 6 nitrogen and oxygen atoms in total. The first kappa shape index (κ1) is 18.0. The van der Waals surface area contributed by atoms with Crippen LogP contribution in [0.1, 0.15) is 24.0 Å². The number of hydrogen-bond acceptors (Lipinski definition) is 5. The molecule has 1 aromatic carbocycles. The Balaban J connectivity index is 2.09. The molecule has 0 aliphatic carbocycles. The van der Waals surface area contributed by atoms with Crippen molar-refractivity contribution in [3.05, 3.63) is 39.7 Å². The van der Waals surface area contributed by atoms with Gasteiger partial charge in [-0.2, -0.15) is 0 Å². The number of nitrogens with one attached hydrogen (secondary N) is 2. The third kappa shape index (κ3) is 4.35. The number of fused-ring (bicyclic) bond motifs is 1. The van der Waals surface area contributed by atoms with Crippen LogP contribution < -0.4 is 21.0 Å². The number of carbonyl (C=O) groups is 1. The predicted molar refractivity (Wildman–Crippen MR) is 93.6 cm³/mol. The Morgan fingerprint density at radius 2 is 2.08 bits per heavy atom. The Kier molecular flexibility index (Phi) is 6.37. The number of aryl methyl sites for hydroxylation is 1. The van der Waals surface area contributed by atoms with Gasteiger partial charge in [0.2, 0.25) is 5.91 Å². The van der Waals surface area contributed by atoms with Crippen LogP contribution in [0.2, 0.25) is 0 Å². The molecule has 24 heavy (non-hydrogen) atoms. The molecule has 0 unspecified atom stereocenters. The van der Waals surface area contributed by atoms with Crippen LogP contribution in [0.15, 0.2) is 27.4 Å². The van der Waals surface area contributed by atoms with Crippen molar-refractivity contribution in [1.29, 1.82) is 0 Å². The molecule has 0 saturated carbocycles. The molecule has 0 saturated heterocycles. The summed E-state index contributed by atoms with van der Waals surface area (Å²) in [7, 11) is 3.44. The fraction of sp³-hybridized carbons (Fsp3) is 0.444. The van der Waals surface area contributed by atoms with Crippen LogP contribution in [0.4, 0.5) is 0 Å². The number of benzene rings is 1. The minimum absolute atomic E-state index is 0.0558. The lowest BCUT2D eigenvalue weighted by Gasteiger charge is -2.09. The van der Waals surface area contributed by atoms with Gasteiger partial charge in [-0.1, -0.05) is 0 Å². The van der Waals surface area contributed by atoms with E-state index < -0.39 is 5.63 Å². The molecule has 0 spiro atoms. The van der Waals surface area contributed by atoms with Gasteiger partial charge in [0.1, 0.15) is 11.3 Å². The average Bonchev–Trinajstić information content (AvgIpc) is 2.58. The van der Waals surface area contributed by atoms with E-state index in [2.05, 4.69) is 10.6 Å². The first-order chi connectivity index (χ1) is 11.6. The number of amides is 1. The molecule has 0 fully saturated rings. The predicted octanol–water partition coefficient (Wildman–Crippen LogP) is 1.77. The first-order valence-corrected chi connectivity index (χ1v) is 8.08. The molecule has 2 aromatic rings. The highest BCUT2D eigenvalue weighted by atomic mass is 16.5. The van der Waals surface area contributed by atoms with Gasteiger partial charge < -0.3 is 19.8 Å². The highest BCUT2D eigenvalue weighted by molar-refractivity contribution is 5.82. The van der Waals surface area contributed by atoms with Gasteiger partial charge >= 0.3 is 5.63 Å². The molecule has 0 radical (unpaired) electrons. The Hall–Kier alpha value is -2.34. The number of ether oxygens (including phenoxy) is 1. The van der Waals surface area contributed by atoms with Crippen LogP contribution in [-0.2, 0) is 11.2 Å². The lowest BCUT2D eigenvalue weighted by atomic mass is 10.0. The van der Waals surface area contributed by atoms with E-state index in [1.54, 1.807) is 13.2 Å². The summed E-state index contributed by atoms with van der Waals surface area (Å²) >= 11 is 0. The molecular weight excluding hydrogens is 308 g/mol. The van der Waals surface area contributed by atoms with E-state index in [9.17, 15) is 9.59 Å². The van der Waals surface area contributed by atoms with Crippen molar-refractivity contribution < 1.29 is 13.9 Å². The molecule has 0 aliphatic heterocycles. The van der Waals surface area contributed by atoms with Gasteiger partial charge in [-0.15, -0.1) is 0 Å². The zero-order valence-corrected chi connectivity index (χ0v) is 14.4. The number of carbonyl (C=O) groups excluding carboxylic acids is 1. The average molecular weight is 332 g/mol. The second-order valence-corrected chi connectivity index (χ2v) is 5.66. The second-order valence-electron chi connectivity index (χ2n) is 5.66. The van der Waals surface area contributed by atoms with Crippen LogP contribution in [0.25, 0.3) is 11.0 Å². The maximum absolute atomic E-state index is 12.2. The van der Waals surface area contributed by atoms with E-state index in [4.69, 9.17) is 9.15 Å². The van der Waals surface area contributed by atoms with E-state index in [0.29, 0.717) is 29.9 Å². The van der Waals surface area contributed by atoms with E-state index in [-0.39, 0.29) is 12.3 Å². The zero-order chi connectivity index (χ0) is 17.5. The van der Waals surface area contributed by atoms with E-state index in [0.717, 1.165) is 23.9 Å². The van der Waals surface area contributed by atoms with Gasteiger partial charge in [0, 0.05) is 30.0 Å². The van der Waals surface area contributed by atoms with E-state index in [1.165, 1.54) is 0 Å². The quantitative estimate of drug-likeness (QED) is 0.569. The first-order valence-electron chi connectivity index (χ1n) is 8.08. The topological polar surface area (TPSA) is 80.6 Å². The SMILES string of the molecule is CNCCCNC(=O)CCc1c(C)c2ccc(OC)cc2oc1=O. The van der Waals surface area contributed by atoms with E-state index >= 15 is 0 Å². The van der Waals surface area contributed by atoms with Crippen molar-refractivity contribution >= 4 is 16.9 Å². The van der Waals surface area contributed by atoms with Crippen molar-refractivity contribution in [3.63, 3.8) is 0 Å². The Bertz CT molecular complexity index is 767. The largest absolute Gasteiger partial charge is 0.497 e. The van der Waals surface area contributed by atoms with Crippen molar-refractivity contribution in [2.24, 2.45) is 0 Å². The molecule has 1 amide bonds. The molecule has 0 aliphatic rings. The zero-order valence-electron chi connectivity index (χ0n) is 14.4. The van der Waals surface area contributed by atoms with Gasteiger partial charge in [-0.3, -0.25) is 4.79 Å². The third-order valence-corrected chi connectivity index (χ3v) is 4.02. The van der Waals surface area contributed by atoms with Crippen molar-refractivity contribution in [3.8, 4) is 5.75 Å². The summed E-state index contributed by atoms with van der Waals surface area (Å²) < 4.78 is 10.5. The molecule has 2 N–H and O–H groups in total. The van der Waals surface area contributed by atoms with Gasteiger partial charge in [-0.05, 0) is 51.1 Å². The van der Waals surface area contributed by atoms with Crippen LogP contribution in [0.5, 0.6) is 5.75 Å². The van der Waals surface area contributed by atoms with Crippen molar-refractivity contribution in [2.75, 3.05) is 27.2 Å². The molecule has 0 atom stereocenters. The Morgan fingerprint density at radius 3 is 2.79 bits per heavy atom. The summed E-state index contributed by atoms with van der Waals surface area (Å²) in [6.45, 7) is 3.37. The summed E-state index contributed by atoms with van der Waals surface area (Å²) in [5.74, 6) is 0.582. The molecule has 130 valence electrons. The van der Waals surface area contributed by atoms with Crippen LogP contribution in [-0.4, -0.2) is 33.2 Å². The summed E-state index contributed by atoms with van der Waals surface area (Å²) in [5, 5.41) is 6.74. The van der Waals surface area contributed by atoms with Crippen molar-refractivity contribution in [1.82, 2.24) is 10.6 Å². The fourth-order valence-electron chi connectivity index (χ4n) is 2.61. The lowest BCUT2D eigenvalue weighted by Crippen LogP contribution is -2.27. The summed E-state index contributed by atoms with van der Waals surface area (Å²) in [6, 6.07) is 5.39. The number of rotatable bonds is 8. The molecule has 2 rings (SSSR count). The maximum atomic E-state index is 12.2. The van der Waals surface area contributed by atoms with Crippen LogP contribution in [0, 0.1) is 6.92 Å². The molecular formula is C18H24N2O4. The Labute approximate surface area is 141 Å². The molecule has 1 aromatic heterocycles. The number of hydrogen-bond donors (Lipinski definition) is 2. The highest BCUT2D eigenvalue weighted by Gasteiger charge is 2.13. The monoisotopic (exact) mass is 332 g/mol. The summed E-state index contributed by atoms with van der Waals surface area (Å²) in [5.41, 5.74) is 1.51. The molecule has 0 bridgehead atoms.